The van der Waals surface area contributed by atoms with Crippen molar-refractivity contribution in [2.24, 2.45) is 23.2 Å². The molecule has 1 aromatic carbocycles. The van der Waals surface area contributed by atoms with Gasteiger partial charge in [0.1, 0.15) is 29.7 Å². The number of carbonyl (C=O) groups is 3. The molecule has 1 N–H and O–H groups in total. The zero-order valence-corrected chi connectivity index (χ0v) is 26.8. The number of rotatable bonds is 2. The Bertz CT molecular complexity index is 1440. The lowest BCUT2D eigenvalue weighted by Crippen LogP contribution is -2.57. The van der Waals surface area contributed by atoms with Gasteiger partial charge in [-0.15, -0.1) is 0 Å². The zero-order valence-electron chi connectivity index (χ0n) is 26.8. The Morgan fingerprint density at radius 3 is 2.43 bits per heavy atom. The molecule has 6 rings (SSSR count). The van der Waals surface area contributed by atoms with E-state index in [4.69, 9.17) is 24.2 Å². The summed E-state index contributed by atoms with van der Waals surface area (Å²) in [5.74, 6) is 1.47. The SMILES string of the molecule is COc1ccc2nc3c(nc2c1)O[C@H]1CN(C(=O)[C@H](C(C)(C)C)NC(=O)O[C@@H]2CCC[C@H]2CCCC2CC32)[C@H](C(C)=O)[C@@H]1C. The van der Waals surface area contributed by atoms with E-state index in [1.165, 1.54) is 6.92 Å². The standard InChI is InChI=1S/C34H46N4O6/c1-18-27-17-38(29(18)19(2)39)32(40)30(34(3,4)5)37-33(41)44-26-12-8-10-20(26)9-7-11-21-15-23(21)28-31(43-27)36-25-16-22(42-6)13-14-24(25)35-28/h13-14,16,18,20-21,23,26-27,29-30H,7-12,15,17H2,1-6H3,(H,37,41)/t18-,20-,21?,23?,26-,27+,29+,30-/m1/s1. The molecule has 1 saturated heterocycles. The molecular formula is C34H46N4O6. The number of ketones is 1. The molecule has 238 valence electrons. The van der Waals surface area contributed by atoms with E-state index in [0.717, 1.165) is 56.2 Å². The van der Waals surface area contributed by atoms with E-state index in [2.05, 4.69) is 5.32 Å². The molecule has 8 atom stereocenters. The summed E-state index contributed by atoms with van der Waals surface area (Å²) in [6, 6.07) is 4.10. The summed E-state index contributed by atoms with van der Waals surface area (Å²) in [6.45, 7) is 9.38. The number of aromatic nitrogens is 2. The number of nitrogens with zero attached hydrogens (tertiary/aromatic N) is 3. The van der Waals surface area contributed by atoms with Crippen LogP contribution in [0.5, 0.6) is 11.6 Å². The van der Waals surface area contributed by atoms with Crippen LogP contribution in [0.2, 0.25) is 0 Å². The number of alkyl carbamates (subject to hydrolysis) is 1. The van der Waals surface area contributed by atoms with Gasteiger partial charge in [0.25, 0.3) is 0 Å². The van der Waals surface area contributed by atoms with Gasteiger partial charge in [-0.05, 0) is 74.8 Å². The number of ether oxygens (including phenoxy) is 3. The van der Waals surface area contributed by atoms with E-state index in [1.807, 2.05) is 45.9 Å². The van der Waals surface area contributed by atoms with Crippen molar-refractivity contribution in [1.29, 1.82) is 0 Å². The smallest absolute Gasteiger partial charge is 0.408 e. The first-order chi connectivity index (χ1) is 20.9. The van der Waals surface area contributed by atoms with Gasteiger partial charge in [0.2, 0.25) is 11.8 Å². The topological polar surface area (TPSA) is 120 Å². The summed E-state index contributed by atoms with van der Waals surface area (Å²) in [7, 11) is 1.62. The second-order valence-electron chi connectivity index (χ2n) is 14.4. The Balaban J connectivity index is 1.39. The van der Waals surface area contributed by atoms with Crippen molar-refractivity contribution in [2.45, 2.75) is 110 Å². The Hall–Kier alpha value is -3.43. The minimum atomic E-state index is -0.878. The van der Waals surface area contributed by atoms with E-state index in [0.29, 0.717) is 29.0 Å². The summed E-state index contributed by atoms with van der Waals surface area (Å²) < 4.78 is 18.1. The van der Waals surface area contributed by atoms with Gasteiger partial charge in [0, 0.05) is 17.9 Å². The van der Waals surface area contributed by atoms with Gasteiger partial charge in [-0.3, -0.25) is 9.59 Å². The largest absolute Gasteiger partial charge is 0.497 e. The molecule has 2 aliphatic heterocycles. The normalized spacial score (nSPS) is 32.7. The molecular weight excluding hydrogens is 560 g/mol. The van der Waals surface area contributed by atoms with Crippen LogP contribution in [0.15, 0.2) is 18.2 Å². The van der Waals surface area contributed by atoms with Gasteiger partial charge in [-0.2, -0.15) is 0 Å². The van der Waals surface area contributed by atoms with Crippen LogP contribution < -0.4 is 14.8 Å². The van der Waals surface area contributed by atoms with Gasteiger partial charge in [0.15, 0.2) is 5.78 Å². The number of nitrogens with one attached hydrogen (secondary N) is 1. The number of hydrogen-bond acceptors (Lipinski definition) is 8. The fraction of sp³-hybridized carbons (Fsp3) is 0.676. The van der Waals surface area contributed by atoms with Gasteiger partial charge >= 0.3 is 6.09 Å². The fourth-order valence-electron chi connectivity index (χ4n) is 7.69. The Morgan fingerprint density at radius 2 is 1.73 bits per heavy atom. The van der Waals surface area contributed by atoms with E-state index >= 15 is 0 Å². The highest BCUT2D eigenvalue weighted by atomic mass is 16.6. The fourth-order valence-corrected chi connectivity index (χ4v) is 7.69. The van der Waals surface area contributed by atoms with Crippen LogP contribution in [0.25, 0.3) is 11.0 Å². The molecule has 2 bridgehead atoms. The molecule has 2 unspecified atom stereocenters. The van der Waals surface area contributed by atoms with Crippen molar-refractivity contribution in [2.75, 3.05) is 13.7 Å². The number of carbonyl (C=O) groups excluding carboxylic acids is 3. The zero-order chi connectivity index (χ0) is 31.3. The van der Waals surface area contributed by atoms with Crippen molar-refractivity contribution < 1.29 is 28.6 Å². The predicted molar refractivity (Wildman–Crippen MR) is 165 cm³/mol. The van der Waals surface area contributed by atoms with E-state index in [9.17, 15) is 14.4 Å². The van der Waals surface area contributed by atoms with Crippen LogP contribution in [-0.2, 0) is 14.3 Å². The lowest BCUT2D eigenvalue weighted by Gasteiger charge is -2.35. The maximum Gasteiger partial charge on any atom is 0.408 e. The van der Waals surface area contributed by atoms with Crippen molar-refractivity contribution >= 4 is 28.8 Å². The van der Waals surface area contributed by atoms with Crippen LogP contribution >= 0.6 is 0 Å². The molecule has 44 heavy (non-hydrogen) atoms. The lowest BCUT2D eigenvalue weighted by molar-refractivity contribution is -0.141. The molecule has 0 spiro atoms. The third-order valence-corrected chi connectivity index (χ3v) is 10.3. The minimum absolute atomic E-state index is 0.122. The van der Waals surface area contributed by atoms with Crippen molar-refractivity contribution in [3.8, 4) is 11.6 Å². The number of benzene rings is 1. The van der Waals surface area contributed by atoms with Crippen molar-refractivity contribution in [3.05, 3.63) is 23.9 Å². The van der Waals surface area contributed by atoms with E-state index in [-0.39, 0.29) is 36.2 Å². The predicted octanol–water partition coefficient (Wildman–Crippen LogP) is 5.42. The monoisotopic (exact) mass is 606 g/mol. The first-order valence-corrected chi connectivity index (χ1v) is 16.2. The van der Waals surface area contributed by atoms with Gasteiger partial charge in [-0.25, -0.2) is 14.8 Å². The number of methoxy groups -OCH3 is 1. The Kier molecular flexibility index (Phi) is 8.22. The van der Waals surface area contributed by atoms with Gasteiger partial charge < -0.3 is 24.4 Å². The van der Waals surface area contributed by atoms with Crippen molar-refractivity contribution in [1.82, 2.24) is 20.2 Å². The Labute approximate surface area is 259 Å². The highest BCUT2D eigenvalue weighted by molar-refractivity contribution is 5.92. The molecule has 4 aliphatic rings. The van der Waals surface area contributed by atoms with Crippen molar-refractivity contribution in [3.63, 3.8) is 0 Å². The molecule has 2 saturated carbocycles. The molecule has 10 nitrogen and oxygen atoms in total. The summed E-state index contributed by atoms with van der Waals surface area (Å²) >= 11 is 0. The maximum absolute atomic E-state index is 14.2. The van der Waals surface area contributed by atoms with Crippen LogP contribution in [-0.4, -0.2) is 70.6 Å². The molecule has 3 fully saturated rings. The molecule has 2 aliphatic carbocycles. The highest BCUT2D eigenvalue weighted by Gasteiger charge is 2.50. The number of hydrogen-bond donors (Lipinski definition) is 1. The summed E-state index contributed by atoms with van der Waals surface area (Å²) in [5.41, 5.74) is 1.69. The third kappa shape index (κ3) is 5.96. The second kappa shape index (κ2) is 11.8. The first kappa shape index (κ1) is 30.6. The quantitative estimate of drug-likeness (QED) is 0.481. The molecule has 3 heterocycles. The van der Waals surface area contributed by atoms with E-state index in [1.54, 1.807) is 12.0 Å². The minimum Gasteiger partial charge on any atom is -0.497 e. The number of amides is 2. The molecule has 0 radical (unpaired) electrons. The van der Waals surface area contributed by atoms with Crippen LogP contribution in [0, 0.1) is 23.2 Å². The number of Topliss-reactive ketones (excluding diaryl/α,β-unsaturated/α-hetero) is 1. The molecule has 1 aromatic heterocycles. The van der Waals surface area contributed by atoms with Gasteiger partial charge in [0.05, 0.1) is 30.7 Å². The molecule has 10 heteroatoms. The van der Waals surface area contributed by atoms with Gasteiger partial charge in [-0.1, -0.05) is 34.1 Å². The summed E-state index contributed by atoms with van der Waals surface area (Å²) in [5, 5.41) is 2.90. The molecule has 2 aromatic rings. The summed E-state index contributed by atoms with van der Waals surface area (Å²) in [4.78, 5) is 52.1. The number of fused-ring (bicyclic) bond motifs is 7. The Morgan fingerprint density at radius 1 is 1.00 bits per heavy atom. The average Bonchev–Trinajstić information content (AvgIpc) is 3.47. The van der Waals surface area contributed by atoms with E-state index < -0.39 is 29.7 Å². The second-order valence-corrected chi connectivity index (χ2v) is 14.4. The highest BCUT2D eigenvalue weighted by Crippen LogP contribution is 2.53. The van der Waals surface area contributed by atoms with Crippen LogP contribution in [0.3, 0.4) is 0 Å². The summed E-state index contributed by atoms with van der Waals surface area (Å²) in [6.07, 6.45) is 5.87. The maximum atomic E-state index is 14.2. The lowest BCUT2D eigenvalue weighted by atomic mass is 9.85. The van der Waals surface area contributed by atoms with Crippen LogP contribution in [0.1, 0.15) is 91.2 Å². The third-order valence-electron chi connectivity index (χ3n) is 10.3. The van der Waals surface area contributed by atoms with Crippen LogP contribution in [0.4, 0.5) is 4.79 Å². The average molecular weight is 607 g/mol. The molecule has 2 amide bonds. The first-order valence-electron chi connectivity index (χ1n) is 16.2.